The third-order valence-corrected chi connectivity index (χ3v) is 5.29. The number of nitrogens with zero attached hydrogens (tertiary/aromatic N) is 2. The Hall–Kier alpha value is -2.86. The van der Waals surface area contributed by atoms with Gasteiger partial charge in [-0.05, 0) is 37.6 Å². The molecule has 0 bridgehead atoms. The zero-order valence-corrected chi connectivity index (χ0v) is 17.2. The number of likely N-dealkylation sites (tertiary alicyclic amines) is 1. The summed E-state index contributed by atoms with van der Waals surface area (Å²) in [7, 11) is 4.05. The molecule has 156 valence electrons. The lowest BCUT2D eigenvalue weighted by Gasteiger charge is -2.35. The van der Waals surface area contributed by atoms with Gasteiger partial charge in [0.2, 0.25) is 0 Å². The normalized spacial score (nSPS) is 16.4. The van der Waals surface area contributed by atoms with Crippen molar-refractivity contribution in [2.45, 2.75) is 31.3 Å². The maximum atomic E-state index is 12.9. The van der Waals surface area contributed by atoms with Crippen LogP contribution < -0.4 is 5.32 Å². The summed E-state index contributed by atoms with van der Waals surface area (Å²) in [4.78, 5) is 25.4. The van der Waals surface area contributed by atoms with Gasteiger partial charge in [0, 0.05) is 19.6 Å². The van der Waals surface area contributed by atoms with Crippen LogP contribution in [0.2, 0.25) is 0 Å². The van der Waals surface area contributed by atoms with Crippen molar-refractivity contribution in [3.63, 3.8) is 0 Å². The van der Waals surface area contributed by atoms with E-state index >= 15 is 0 Å². The van der Waals surface area contributed by atoms with Gasteiger partial charge in [-0.2, -0.15) is 0 Å². The number of carbonyl (C=O) groups excluding carboxylic acids is 1. The second kappa shape index (κ2) is 11.9. The van der Waals surface area contributed by atoms with E-state index in [4.69, 9.17) is 9.90 Å². The summed E-state index contributed by atoms with van der Waals surface area (Å²) >= 11 is 0. The van der Waals surface area contributed by atoms with Crippen molar-refractivity contribution >= 4 is 12.5 Å². The number of hydrogen-bond acceptors (Lipinski definition) is 3. The first kappa shape index (κ1) is 22.4. The molecule has 0 spiro atoms. The summed E-state index contributed by atoms with van der Waals surface area (Å²) in [6, 6.07) is 20.6. The van der Waals surface area contributed by atoms with Crippen molar-refractivity contribution < 1.29 is 14.7 Å². The minimum Gasteiger partial charge on any atom is -0.483 e. The quantitative estimate of drug-likeness (QED) is 0.756. The van der Waals surface area contributed by atoms with Gasteiger partial charge in [0.05, 0.1) is 6.04 Å². The number of hydrogen-bond donors (Lipinski definition) is 2. The fourth-order valence-electron chi connectivity index (χ4n) is 3.66. The molecule has 1 saturated heterocycles. The van der Waals surface area contributed by atoms with Crippen LogP contribution in [0.15, 0.2) is 60.7 Å². The molecule has 0 aliphatic carbocycles. The number of carbonyl (C=O) groups is 2. The maximum Gasteiger partial charge on any atom is 0.317 e. The van der Waals surface area contributed by atoms with Gasteiger partial charge >= 0.3 is 6.03 Å². The van der Waals surface area contributed by atoms with Crippen LogP contribution in [0.4, 0.5) is 4.79 Å². The molecule has 0 saturated carbocycles. The lowest BCUT2D eigenvalue weighted by atomic mass is 9.99. The minimum atomic E-state index is -0.250. The van der Waals surface area contributed by atoms with Crippen LogP contribution >= 0.6 is 0 Å². The third-order valence-electron chi connectivity index (χ3n) is 5.29. The van der Waals surface area contributed by atoms with Crippen molar-refractivity contribution in [2.24, 2.45) is 0 Å². The Morgan fingerprint density at radius 1 is 1.14 bits per heavy atom. The van der Waals surface area contributed by atoms with Gasteiger partial charge < -0.3 is 20.2 Å². The number of nitrogens with one attached hydrogen (secondary N) is 1. The smallest absolute Gasteiger partial charge is 0.317 e. The molecular weight excluding hydrogens is 366 g/mol. The average molecular weight is 398 g/mol. The Bertz CT molecular complexity index is 700. The van der Waals surface area contributed by atoms with Crippen molar-refractivity contribution in [1.82, 2.24) is 15.1 Å². The summed E-state index contributed by atoms with van der Waals surface area (Å²) in [6.45, 7) is 1.63. The number of rotatable bonds is 5. The van der Waals surface area contributed by atoms with E-state index in [0.29, 0.717) is 6.04 Å². The molecule has 2 N–H and O–H groups in total. The van der Waals surface area contributed by atoms with Crippen molar-refractivity contribution in [3.05, 3.63) is 71.8 Å². The Labute approximate surface area is 173 Å². The molecule has 6 heteroatoms. The second-order valence-electron chi connectivity index (χ2n) is 7.32. The van der Waals surface area contributed by atoms with Gasteiger partial charge in [-0.3, -0.25) is 4.79 Å². The number of carboxylic acid groups (broad SMARTS) is 1. The molecule has 29 heavy (non-hydrogen) atoms. The fourth-order valence-corrected chi connectivity index (χ4v) is 3.66. The topological polar surface area (TPSA) is 72.9 Å². The largest absolute Gasteiger partial charge is 0.483 e. The molecule has 0 radical (unpaired) electrons. The molecule has 1 heterocycles. The van der Waals surface area contributed by atoms with E-state index in [2.05, 4.69) is 41.5 Å². The summed E-state index contributed by atoms with van der Waals surface area (Å²) < 4.78 is 0. The molecule has 0 aromatic heterocycles. The van der Waals surface area contributed by atoms with Crippen LogP contribution in [0.25, 0.3) is 0 Å². The van der Waals surface area contributed by atoms with Gasteiger partial charge in [0.1, 0.15) is 0 Å². The SMILES string of the molecule is CN(CC1CCCCN1C)C(=O)NC(c1ccccc1)c1ccccc1.O=CO. The van der Waals surface area contributed by atoms with Gasteiger partial charge in [-0.15, -0.1) is 0 Å². The summed E-state index contributed by atoms with van der Waals surface area (Å²) in [5.74, 6) is 0. The molecule has 3 rings (SSSR count). The number of likely N-dealkylation sites (N-methyl/N-ethyl adjacent to an activating group) is 2. The van der Waals surface area contributed by atoms with E-state index in [1.807, 2.05) is 48.3 Å². The van der Waals surface area contributed by atoms with Crippen molar-refractivity contribution in [1.29, 1.82) is 0 Å². The van der Waals surface area contributed by atoms with Crippen LogP contribution in [-0.2, 0) is 4.79 Å². The van der Waals surface area contributed by atoms with E-state index in [9.17, 15) is 4.79 Å². The first-order valence-electron chi connectivity index (χ1n) is 9.96. The molecule has 6 nitrogen and oxygen atoms in total. The van der Waals surface area contributed by atoms with Crippen LogP contribution in [0.1, 0.15) is 36.4 Å². The number of piperidine rings is 1. The summed E-state index contributed by atoms with van der Waals surface area (Å²) in [5, 5.41) is 10.1. The fraction of sp³-hybridized carbons (Fsp3) is 0.391. The average Bonchev–Trinajstić information content (AvgIpc) is 2.75. The van der Waals surface area contributed by atoms with Gasteiger partial charge in [-0.25, -0.2) is 4.79 Å². The third kappa shape index (κ3) is 6.91. The highest BCUT2D eigenvalue weighted by molar-refractivity contribution is 5.75. The molecule has 1 unspecified atom stereocenters. The standard InChI is InChI=1S/C22H29N3O.CH2O2/c1-24-16-10-9-15-20(24)17-25(2)22(26)23-21(18-11-5-3-6-12-18)19-13-7-4-8-14-19;2-1-3/h3-8,11-14,20-21H,9-10,15-17H2,1-2H3,(H,23,26);1H,(H,2,3). The molecule has 1 aliphatic rings. The zero-order valence-electron chi connectivity index (χ0n) is 17.2. The minimum absolute atomic E-state index is 0.0262. The predicted octanol–water partition coefficient (Wildman–Crippen LogP) is 3.60. The van der Waals surface area contributed by atoms with E-state index in [1.165, 1.54) is 12.8 Å². The van der Waals surface area contributed by atoms with Crippen LogP contribution in [0, 0.1) is 0 Å². The summed E-state index contributed by atoms with van der Waals surface area (Å²) in [5.41, 5.74) is 2.19. The monoisotopic (exact) mass is 397 g/mol. The maximum absolute atomic E-state index is 12.9. The Morgan fingerprint density at radius 2 is 1.66 bits per heavy atom. The lowest BCUT2D eigenvalue weighted by molar-refractivity contribution is -0.122. The number of urea groups is 1. The van der Waals surface area contributed by atoms with Crippen LogP contribution in [-0.4, -0.2) is 60.6 Å². The second-order valence-corrected chi connectivity index (χ2v) is 7.32. The lowest BCUT2D eigenvalue weighted by Crippen LogP contribution is -2.48. The first-order valence-corrected chi connectivity index (χ1v) is 9.96. The molecule has 1 aliphatic heterocycles. The van der Waals surface area contributed by atoms with Gasteiger partial charge in [0.25, 0.3) is 6.47 Å². The zero-order chi connectivity index (χ0) is 21.1. The summed E-state index contributed by atoms with van der Waals surface area (Å²) in [6.07, 6.45) is 3.67. The Morgan fingerprint density at radius 3 is 2.14 bits per heavy atom. The van der Waals surface area contributed by atoms with Crippen molar-refractivity contribution in [2.75, 3.05) is 27.2 Å². The molecule has 2 amide bonds. The number of amides is 2. The number of benzene rings is 2. The van der Waals surface area contributed by atoms with Gasteiger partial charge in [-0.1, -0.05) is 67.1 Å². The van der Waals surface area contributed by atoms with E-state index in [-0.39, 0.29) is 18.5 Å². The Balaban J connectivity index is 0.000000941. The van der Waals surface area contributed by atoms with Gasteiger partial charge in [0.15, 0.2) is 0 Å². The molecule has 2 aromatic carbocycles. The van der Waals surface area contributed by atoms with Crippen LogP contribution in [0.5, 0.6) is 0 Å². The molecular formula is C23H31N3O3. The molecule has 1 fully saturated rings. The highest BCUT2D eigenvalue weighted by Gasteiger charge is 2.24. The highest BCUT2D eigenvalue weighted by Crippen LogP contribution is 2.22. The highest BCUT2D eigenvalue weighted by atomic mass is 16.3. The first-order chi connectivity index (χ1) is 14.1. The van der Waals surface area contributed by atoms with Crippen LogP contribution in [0.3, 0.4) is 0 Å². The van der Waals surface area contributed by atoms with E-state index < -0.39 is 0 Å². The molecule has 1 atom stereocenters. The molecule has 2 aromatic rings. The Kier molecular flexibility index (Phi) is 9.18. The van der Waals surface area contributed by atoms with Crippen molar-refractivity contribution in [3.8, 4) is 0 Å². The van der Waals surface area contributed by atoms with E-state index in [0.717, 1.165) is 30.6 Å². The predicted molar refractivity (Wildman–Crippen MR) is 115 cm³/mol. The van der Waals surface area contributed by atoms with E-state index in [1.54, 1.807) is 0 Å².